The Hall–Kier alpha value is -2.66. The van der Waals surface area contributed by atoms with E-state index in [2.05, 4.69) is 29.7 Å². The highest BCUT2D eigenvalue weighted by atomic mass is 16.2. The van der Waals surface area contributed by atoms with Crippen LogP contribution in [0.5, 0.6) is 0 Å². The van der Waals surface area contributed by atoms with Crippen LogP contribution in [-0.2, 0) is 11.2 Å². The van der Waals surface area contributed by atoms with Crippen molar-refractivity contribution in [2.75, 3.05) is 6.54 Å². The first-order valence-corrected chi connectivity index (χ1v) is 9.12. The van der Waals surface area contributed by atoms with Gasteiger partial charge in [0.2, 0.25) is 0 Å². The number of hydrogen-bond donors (Lipinski definition) is 3. The lowest BCUT2D eigenvalue weighted by atomic mass is 10.0. The van der Waals surface area contributed by atoms with Gasteiger partial charge in [0.1, 0.15) is 0 Å². The molecule has 0 saturated heterocycles. The minimum Gasteiger partial charge on any atom is -0.338 e. The van der Waals surface area contributed by atoms with Crippen LogP contribution in [0.25, 0.3) is 0 Å². The zero-order chi connectivity index (χ0) is 18.8. The summed E-state index contributed by atoms with van der Waals surface area (Å²) in [7, 11) is 0. The van der Waals surface area contributed by atoms with Crippen LogP contribution in [-0.4, -0.2) is 24.5 Å². The van der Waals surface area contributed by atoms with Crippen molar-refractivity contribution >= 4 is 11.9 Å². The molecule has 2 aromatic rings. The van der Waals surface area contributed by atoms with E-state index in [1.807, 2.05) is 60.8 Å². The van der Waals surface area contributed by atoms with Crippen molar-refractivity contribution < 1.29 is 14.9 Å². The fraction of sp³-hybridized carbons (Fsp3) is 0.333. The van der Waals surface area contributed by atoms with Crippen molar-refractivity contribution in [2.45, 2.75) is 38.8 Å². The summed E-state index contributed by atoms with van der Waals surface area (Å²) in [5.41, 5.74) is 2.18. The predicted octanol–water partition coefficient (Wildman–Crippen LogP) is 2.16. The second-order valence-corrected chi connectivity index (χ2v) is 6.43. The number of imide groups is 1. The van der Waals surface area contributed by atoms with Crippen molar-refractivity contribution in [3.63, 3.8) is 0 Å². The third-order valence-corrected chi connectivity index (χ3v) is 4.27. The molecular weight excluding hydrogens is 326 g/mol. The van der Waals surface area contributed by atoms with Gasteiger partial charge in [-0.15, -0.1) is 0 Å². The molecule has 26 heavy (non-hydrogen) atoms. The van der Waals surface area contributed by atoms with E-state index in [-0.39, 0.29) is 11.9 Å². The van der Waals surface area contributed by atoms with Gasteiger partial charge in [-0.1, -0.05) is 60.7 Å². The average molecular weight is 354 g/mol. The summed E-state index contributed by atoms with van der Waals surface area (Å²) in [4.78, 5) is 24.4. The van der Waals surface area contributed by atoms with Crippen molar-refractivity contribution in [2.24, 2.45) is 0 Å². The lowest BCUT2D eigenvalue weighted by Gasteiger charge is -2.20. The van der Waals surface area contributed by atoms with E-state index in [0.717, 1.165) is 18.4 Å². The molecule has 2 rings (SSSR count). The van der Waals surface area contributed by atoms with Crippen LogP contribution in [0.15, 0.2) is 60.7 Å². The molecule has 0 saturated carbocycles. The lowest BCUT2D eigenvalue weighted by molar-refractivity contribution is -0.713. The summed E-state index contributed by atoms with van der Waals surface area (Å²) in [6, 6.07) is 19.2. The first kappa shape index (κ1) is 19.7. The molecule has 0 unspecified atom stereocenters. The van der Waals surface area contributed by atoms with Crippen LogP contribution in [0.1, 0.15) is 37.4 Å². The number of aryl methyl sites for hydroxylation is 1. The highest BCUT2D eigenvalue weighted by Gasteiger charge is 2.27. The Bertz CT molecular complexity index is 689. The van der Waals surface area contributed by atoms with Gasteiger partial charge in [0, 0.05) is 18.5 Å². The molecule has 0 aromatic heterocycles. The molecule has 5 nitrogen and oxygen atoms in total. The maximum Gasteiger partial charge on any atom is 0.321 e. The highest BCUT2D eigenvalue weighted by Crippen LogP contribution is 2.10. The zero-order valence-electron chi connectivity index (χ0n) is 15.4. The Labute approximate surface area is 155 Å². The second kappa shape index (κ2) is 10.4. The van der Waals surface area contributed by atoms with Crippen LogP contribution in [0.2, 0.25) is 0 Å². The molecule has 0 aliphatic rings. The smallest absolute Gasteiger partial charge is 0.321 e. The maximum atomic E-state index is 12.6. The van der Waals surface area contributed by atoms with Crippen LogP contribution < -0.4 is 16.0 Å². The number of amides is 3. The highest BCUT2D eigenvalue weighted by molar-refractivity contribution is 5.96. The van der Waals surface area contributed by atoms with Gasteiger partial charge in [-0.25, -0.2) is 4.79 Å². The Morgan fingerprint density at radius 2 is 1.62 bits per heavy atom. The van der Waals surface area contributed by atoms with E-state index in [9.17, 15) is 9.59 Å². The van der Waals surface area contributed by atoms with E-state index in [4.69, 9.17) is 0 Å². The number of benzene rings is 2. The summed E-state index contributed by atoms with van der Waals surface area (Å²) < 4.78 is 0. The van der Waals surface area contributed by atoms with Crippen molar-refractivity contribution in [3.05, 3.63) is 71.8 Å². The van der Waals surface area contributed by atoms with Gasteiger partial charge in [-0.05, 0) is 25.8 Å². The molecule has 2 atom stereocenters. The predicted molar refractivity (Wildman–Crippen MR) is 103 cm³/mol. The molecule has 0 bridgehead atoms. The Kier molecular flexibility index (Phi) is 7.83. The number of carbonyl (C=O) groups is 2. The van der Waals surface area contributed by atoms with Crippen LogP contribution >= 0.6 is 0 Å². The van der Waals surface area contributed by atoms with Gasteiger partial charge in [-0.2, -0.15) is 0 Å². The summed E-state index contributed by atoms with van der Waals surface area (Å²) in [6.45, 7) is 4.40. The van der Waals surface area contributed by atoms with E-state index in [1.165, 1.54) is 5.56 Å². The van der Waals surface area contributed by atoms with Crippen LogP contribution in [0.4, 0.5) is 4.79 Å². The quantitative estimate of drug-likeness (QED) is 0.679. The van der Waals surface area contributed by atoms with E-state index in [1.54, 1.807) is 0 Å². The topological polar surface area (TPSA) is 74.8 Å². The molecule has 0 aliphatic carbocycles. The van der Waals surface area contributed by atoms with Crippen molar-refractivity contribution in [3.8, 4) is 0 Å². The molecule has 4 N–H and O–H groups in total. The molecule has 0 radical (unpaired) electrons. The van der Waals surface area contributed by atoms with Gasteiger partial charge in [-0.3, -0.25) is 10.1 Å². The molecule has 3 amide bonds. The largest absolute Gasteiger partial charge is 0.338 e. The standard InChI is InChI=1S/C21H27N3O2/c1-3-22-21(26)24-20(25)19(18-12-8-5-9-13-18)23-16(2)14-15-17-10-6-4-7-11-17/h4-13,16,19,23H,3,14-15H2,1-2H3,(H2,22,24,25,26)/p+1/t16-,19+/m1/s1. The lowest BCUT2D eigenvalue weighted by Crippen LogP contribution is -2.92. The first-order valence-electron chi connectivity index (χ1n) is 9.12. The number of nitrogens with one attached hydrogen (secondary N) is 2. The molecule has 5 heteroatoms. The number of hydrogen-bond acceptors (Lipinski definition) is 2. The maximum absolute atomic E-state index is 12.6. The Morgan fingerprint density at radius 3 is 2.23 bits per heavy atom. The summed E-state index contributed by atoms with van der Waals surface area (Å²) in [6.07, 6.45) is 1.90. The molecule has 0 heterocycles. The van der Waals surface area contributed by atoms with Gasteiger partial charge in [0.05, 0.1) is 6.04 Å². The normalized spacial score (nSPS) is 12.8. The number of carbonyl (C=O) groups excluding carboxylic acids is 2. The average Bonchev–Trinajstić information content (AvgIpc) is 2.66. The van der Waals surface area contributed by atoms with Crippen molar-refractivity contribution in [1.29, 1.82) is 0 Å². The fourth-order valence-electron chi connectivity index (χ4n) is 2.87. The second-order valence-electron chi connectivity index (χ2n) is 6.43. The molecule has 0 fully saturated rings. The van der Waals surface area contributed by atoms with Crippen LogP contribution in [0, 0.1) is 0 Å². The number of rotatable bonds is 8. The third kappa shape index (κ3) is 6.33. The Morgan fingerprint density at radius 1 is 1.00 bits per heavy atom. The van der Waals surface area contributed by atoms with E-state index in [0.29, 0.717) is 6.54 Å². The number of nitrogens with two attached hydrogens (primary N) is 1. The van der Waals surface area contributed by atoms with Crippen LogP contribution in [0.3, 0.4) is 0 Å². The van der Waals surface area contributed by atoms with Gasteiger partial charge in [0.15, 0.2) is 6.04 Å². The van der Waals surface area contributed by atoms with Crippen molar-refractivity contribution in [1.82, 2.24) is 10.6 Å². The molecule has 0 spiro atoms. The number of urea groups is 1. The molecule has 138 valence electrons. The van der Waals surface area contributed by atoms with E-state index < -0.39 is 12.1 Å². The first-order chi connectivity index (χ1) is 12.6. The zero-order valence-corrected chi connectivity index (χ0v) is 15.4. The third-order valence-electron chi connectivity index (χ3n) is 4.27. The minimum atomic E-state index is -0.455. The Balaban J connectivity index is 2.01. The molecule has 0 aliphatic heterocycles. The summed E-state index contributed by atoms with van der Waals surface area (Å²) in [5, 5.41) is 7.07. The van der Waals surface area contributed by atoms with Gasteiger partial charge >= 0.3 is 6.03 Å². The monoisotopic (exact) mass is 354 g/mol. The minimum absolute atomic E-state index is 0.236. The van der Waals surface area contributed by atoms with Gasteiger partial charge in [0.25, 0.3) is 5.91 Å². The van der Waals surface area contributed by atoms with Gasteiger partial charge < -0.3 is 10.6 Å². The molecular formula is C21H28N3O2+. The molecule has 2 aromatic carbocycles. The van der Waals surface area contributed by atoms with E-state index >= 15 is 0 Å². The summed E-state index contributed by atoms with van der Waals surface area (Å²) >= 11 is 0. The SMILES string of the molecule is CCNC(=O)NC(=O)[C@@H]([NH2+][C@H](C)CCc1ccccc1)c1ccccc1. The summed E-state index contributed by atoms with van der Waals surface area (Å²) in [5.74, 6) is -0.297. The fourth-order valence-corrected chi connectivity index (χ4v) is 2.87. The number of quaternary nitrogens is 1.